The number of carbonyl (C=O) groups excluding carboxylic acids is 2. The van der Waals surface area contributed by atoms with Gasteiger partial charge in [0.1, 0.15) is 0 Å². The quantitative estimate of drug-likeness (QED) is 0.891. The van der Waals surface area contributed by atoms with Crippen LogP contribution in [0, 0.1) is 0 Å². The second kappa shape index (κ2) is 6.61. The lowest BCUT2D eigenvalue weighted by atomic mass is 10.2. The summed E-state index contributed by atoms with van der Waals surface area (Å²) in [5.41, 5.74) is 0.492. The summed E-state index contributed by atoms with van der Waals surface area (Å²) in [5.74, 6) is -0.349. The molecule has 92 valence electrons. The zero-order valence-corrected chi connectivity index (χ0v) is 11.6. The van der Waals surface area contributed by atoms with Gasteiger partial charge in [0, 0.05) is 29.5 Å². The molecule has 1 rings (SSSR count). The Morgan fingerprint density at radius 3 is 2.71 bits per heavy atom. The fourth-order valence-corrected chi connectivity index (χ4v) is 2.05. The van der Waals surface area contributed by atoms with E-state index < -0.39 is 0 Å². The Hall–Kier alpha value is -1.07. The molecule has 1 aromatic carbocycles. The Bertz CT molecular complexity index is 437. The van der Waals surface area contributed by atoms with Crippen LogP contribution in [-0.2, 0) is 4.79 Å². The lowest BCUT2D eigenvalue weighted by Gasteiger charge is -2.06. The average molecular weight is 320 g/mol. The van der Waals surface area contributed by atoms with Crippen LogP contribution in [0.1, 0.15) is 16.8 Å². The van der Waals surface area contributed by atoms with Crippen LogP contribution in [0.5, 0.6) is 0 Å². The van der Waals surface area contributed by atoms with Crippen molar-refractivity contribution in [2.75, 3.05) is 13.6 Å². The first-order valence-corrected chi connectivity index (χ1v) is 6.15. The minimum absolute atomic E-state index is 0.111. The molecule has 2 amide bonds. The molecule has 0 fully saturated rings. The molecule has 0 saturated carbocycles. The maximum absolute atomic E-state index is 11.7. The van der Waals surface area contributed by atoms with Gasteiger partial charge in [-0.25, -0.2) is 0 Å². The first kappa shape index (κ1) is 14.0. The predicted octanol–water partition coefficient (Wildman–Crippen LogP) is 1.97. The molecule has 1 aromatic rings. The Labute approximate surface area is 113 Å². The molecule has 6 heteroatoms. The van der Waals surface area contributed by atoms with Crippen molar-refractivity contribution < 1.29 is 9.59 Å². The monoisotopic (exact) mass is 318 g/mol. The molecule has 0 heterocycles. The van der Waals surface area contributed by atoms with E-state index in [1.165, 1.54) is 0 Å². The van der Waals surface area contributed by atoms with Crippen LogP contribution in [0.25, 0.3) is 0 Å². The first-order chi connectivity index (χ1) is 8.04. The van der Waals surface area contributed by atoms with Crippen molar-refractivity contribution in [3.05, 3.63) is 33.3 Å². The number of nitrogens with one attached hydrogen (secondary N) is 2. The van der Waals surface area contributed by atoms with Crippen LogP contribution in [0.4, 0.5) is 0 Å². The van der Waals surface area contributed by atoms with Crippen molar-refractivity contribution in [1.29, 1.82) is 0 Å². The van der Waals surface area contributed by atoms with Crippen LogP contribution >= 0.6 is 27.5 Å². The van der Waals surface area contributed by atoms with Crippen molar-refractivity contribution in [2.45, 2.75) is 6.42 Å². The van der Waals surface area contributed by atoms with Gasteiger partial charge < -0.3 is 10.6 Å². The third-order valence-electron chi connectivity index (χ3n) is 2.09. The molecule has 0 atom stereocenters. The number of carbonyl (C=O) groups is 2. The van der Waals surface area contributed by atoms with Gasteiger partial charge in [-0.15, -0.1) is 0 Å². The second-order valence-corrected chi connectivity index (χ2v) is 4.59. The molecular weight excluding hydrogens is 307 g/mol. The Balaban J connectivity index is 2.55. The summed E-state index contributed by atoms with van der Waals surface area (Å²) in [6, 6.07) is 4.91. The van der Waals surface area contributed by atoms with Crippen LogP contribution in [-0.4, -0.2) is 25.4 Å². The molecule has 0 aromatic heterocycles. The normalized spacial score (nSPS) is 9.82. The van der Waals surface area contributed by atoms with Crippen molar-refractivity contribution >= 4 is 39.3 Å². The van der Waals surface area contributed by atoms with Crippen molar-refractivity contribution in [1.82, 2.24) is 10.6 Å². The zero-order chi connectivity index (χ0) is 12.8. The SMILES string of the molecule is CNC(=O)CCNC(=O)c1ccc(Cl)cc1Br. The van der Waals surface area contributed by atoms with E-state index in [9.17, 15) is 9.59 Å². The van der Waals surface area contributed by atoms with E-state index in [-0.39, 0.29) is 18.2 Å². The van der Waals surface area contributed by atoms with Gasteiger partial charge in [0.05, 0.1) is 5.56 Å². The molecule has 0 unspecified atom stereocenters. The number of halogens is 2. The maximum Gasteiger partial charge on any atom is 0.252 e. The molecule has 0 radical (unpaired) electrons. The summed E-state index contributed by atoms with van der Waals surface area (Å²) in [7, 11) is 1.56. The molecule has 0 aliphatic heterocycles. The van der Waals surface area contributed by atoms with Crippen LogP contribution in [0.2, 0.25) is 5.02 Å². The first-order valence-electron chi connectivity index (χ1n) is 4.98. The molecular formula is C11H12BrClN2O2. The van der Waals surface area contributed by atoms with Gasteiger partial charge >= 0.3 is 0 Å². The molecule has 0 saturated heterocycles. The van der Waals surface area contributed by atoms with Crippen LogP contribution < -0.4 is 10.6 Å². The Kier molecular flexibility index (Phi) is 5.44. The summed E-state index contributed by atoms with van der Waals surface area (Å²) in [5, 5.41) is 5.69. The van der Waals surface area contributed by atoms with Crippen molar-refractivity contribution in [2.24, 2.45) is 0 Å². The summed E-state index contributed by atoms with van der Waals surface area (Å²) in [4.78, 5) is 22.7. The number of rotatable bonds is 4. The topological polar surface area (TPSA) is 58.2 Å². The van der Waals surface area contributed by atoms with Gasteiger partial charge in [-0.3, -0.25) is 9.59 Å². The Morgan fingerprint density at radius 1 is 1.41 bits per heavy atom. The Morgan fingerprint density at radius 2 is 2.12 bits per heavy atom. The van der Waals surface area contributed by atoms with E-state index in [0.717, 1.165) is 0 Å². The largest absolute Gasteiger partial charge is 0.359 e. The predicted molar refractivity (Wildman–Crippen MR) is 70.2 cm³/mol. The molecule has 17 heavy (non-hydrogen) atoms. The number of hydrogen-bond acceptors (Lipinski definition) is 2. The van der Waals surface area contributed by atoms with Gasteiger partial charge in [0.25, 0.3) is 5.91 Å². The number of amides is 2. The summed E-state index contributed by atoms with van der Waals surface area (Å²) in [6.45, 7) is 0.299. The van der Waals surface area contributed by atoms with E-state index in [1.54, 1.807) is 25.2 Å². The standard InChI is InChI=1S/C11H12BrClN2O2/c1-14-10(16)4-5-15-11(17)8-3-2-7(13)6-9(8)12/h2-3,6H,4-5H2,1H3,(H,14,16)(H,15,17). The lowest BCUT2D eigenvalue weighted by molar-refractivity contribution is -0.120. The number of hydrogen-bond donors (Lipinski definition) is 2. The van der Waals surface area contributed by atoms with E-state index >= 15 is 0 Å². The van der Waals surface area contributed by atoms with Crippen molar-refractivity contribution in [3.63, 3.8) is 0 Å². The maximum atomic E-state index is 11.7. The lowest BCUT2D eigenvalue weighted by Crippen LogP contribution is -2.29. The van der Waals surface area contributed by atoms with Crippen molar-refractivity contribution in [3.8, 4) is 0 Å². The van der Waals surface area contributed by atoms with Crippen LogP contribution in [0.3, 0.4) is 0 Å². The third kappa shape index (κ3) is 4.36. The second-order valence-electron chi connectivity index (χ2n) is 3.30. The highest BCUT2D eigenvalue weighted by molar-refractivity contribution is 9.10. The average Bonchev–Trinajstić information content (AvgIpc) is 2.28. The molecule has 0 aliphatic carbocycles. The minimum atomic E-state index is -0.238. The fourth-order valence-electron chi connectivity index (χ4n) is 1.18. The van der Waals surface area contributed by atoms with Crippen LogP contribution in [0.15, 0.2) is 22.7 Å². The van der Waals surface area contributed by atoms with E-state index in [2.05, 4.69) is 26.6 Å². The third-order valence-corrected chi connectivity index (χ3v) is 2.98. The fraction of sp³-hybridized carbons (Fsp3) is 0.273. The zero-order valence-electron chi connectivity index (χ0n) is 9.22. The highest BCUT2D eigenvalue weighted by Gasteiger charge is 2.10. The molecule has 0 aliphatic rings. The van der Waals surface area contributed by atoms with Gasteiger partial charge in [-0.05, 0) is 34.1 Å². The van der Waals surface area contributed by atoms with E-state index in [1.807, 2.05) is 0 Å². The van der Waals surface area contributed by atoms with Gasteiger partial charge in [-0.2, -0.15) is 0 Å². The molecule has 4 nitrogen and oxygen atoms in total. The minimum Gasteiger partial charge on any atom is -0.359 e. The van der Waals surface area contributed by atoms with E-state index in [0.29, 0.717) is 21.6 Å². The highest BCUT2D eigenvalue weighted by Crippen LogP contribution is 2.21. The van der Waals surface area contributed by atoms with Gasteiger partial charge in [0.15, 0.2) is 0 Å². The summed E-state index contributed by atoms with van der Waals surface area (Å²) < 4.78 is 0.627. The number of benzene rings is 1. The molecule has 0 spiro atoms. The van der Waals surface area contributed by atoms with Gasteiger partial charge in [-0.1, -0.05) is 11.6 Å². The van der Waals surface area contributed by atoms with Gasteiger partial charge in [0.2, 0.25) is 5.91 Å². The summed E-state index contributed by atoms with van der Waals surface area (Å²) in [6.07, 6.45) is 0.257. The summed E-state index contributed by atoms with van der Waals surface area (Å²) >= 11 is 9.03. The van der Waals surface area contributed by atoms with E-state index in [4.69, 9.17) is 11.6 Å². The molecule has 0 bridgehead atoms. The smallest absolute Gasteiger partial charge is 0.252 e. The molecule has 2 N–H and O–H groups in total. The highest BCUT2D eigenvalue weighted by atomic mass is 79.9.